The summed E-state index contributed by atoms with van der Waals surface area (Å²) in [5.41, 5.74) is 3.60. The fourth-order valence-corrected chi connectivity index (χ4v) is 2.49. The lowest BCUT2D eigenvalue weighted by Gasteiger charge is -2.18. The van der Waals surface area contributed by atoms with E-state index in [0.717, 1.165) is 11.9 Å². The molecule has 0 unspecified atom stereocenters. The number of rotatable bonds is 3. The van der Waals surface area contributed by atoms with Gasteiger partial charge in [0.05, 0.1) is 23.4 Å². The number of imidazole rings is 1. The van der Waals surface area contributed by atoms with E-state index >= 15 is 0 Å². The highest BCUT2D eigenvalue weighted by Crippen LogP contribution is 2.25. The zero-order valence-electron chi connectivity index (χ0n) is 10.5. The molecule has 0 aliphatic heterocycles. The number of aromatic nitrogens is 2. The Labute approximate surface area is 107 Å². The van der Waals surface area contributed by atoms with Gasteiger partial charge in [-0.15, -0.1) is 0 Å². The van der Waals surface area contributed by atoms with Gasteiger partial charge in [0.2, 0.25) is 0 Å². The summed E-state index contributed by atoms with van der Waals surface area (Å²) in [6.07, 6.45) is 3.01. The maximum Gasteiger partial charge on any atom is 0.0964 e. The third-order valence-electron chi connectivity index (χ3n) is 3.39. The first-order valence-electron chi connectivity index (χ1n) is 6.36. The maximum atomic E-state index is 4.48. The third kappa shape index (κ3) is 1.80. The second-order valence-corrected chi connectivity index (χ2v) is 4.48. The first kappa shape index (κ1) is 11.0. The molecule has 1 aromatic heterocycles. The number of nitrogens with zero attached hydrogens (tertiary/aromatic N) is 2. The Bertz CT molecular complexity index is 640. The van der Waals surface area contributed by atoms with Gasteiger partial charge in [0, 0.05) is 0 Å². The average molecular weight is 236 g/mol. The van der Waals surface area contributed by atoms with E-state index in [1.54, 1.807) is 0 Å². The molecular weight excluding hydrogens is 220 g/mol. The minimum Gasteiger partial charge on any atom is -0.323 e. The fraction of sp³-hybridized carbons (Fsp3) is 0.188. The zero-order valence-corrected chi connectivity index (χ0v) is 10.5. The van der Waals surface area contributed by atoms with Crippen LogP contribution < -0.4 is 0 Å². The molecule has 0 N–H and O–H groups in total. The summed E-state index contributed by atoms with van der Waals surface area (Å²) in [6, 6.07) is 19.3. The van der Waals surface area contributed by atoms with Crippen LogP contribution in [0.4, 0.5) is 0 Å². The van der Waals surface area contributed by atoms with Crippen LogP contribution in [0.1, 0.15) is 24.9 Å². The van der Waals surface area contributed by atoms with Crippen molar-refractivity contribution in [3.63, 3.8) is 0 Å². The van der Waals surface area contributed by atoms with Crippen molar-refractivity contribution in [2.45, 2.75) is 19.4 Å². The molecule has 0 saturated carbocycles. The molecule has 0 spiro atoms. The van der Waals surface area contributed by atoms with Crippen LogP contribution in [0.15, 0.2) is 60.9 Å². The molecule has 2 aromatic carbocycles. The highest BCUT2D eigenvalue weighted by Gasteiger charge is 2.13. The normalized spacial score (nSPS) is 12.7. The van der Waals surface area contributed by atoms with E-state index in [9.17, 15) is 0 Å². The lowest BCUT2D eigenvalue weighted by atomic mass is 10.0. The Morgan fingerprint density at radius 3 is 2.50 bits per heavy atom. The third-order valence-corrected chi connectivity index (χ3v) is 3.39. The highest BCUT2D eigenvalue weighted by molar-refractivity contribution is 5.75. The van der Waals surface area contributed by atoms with E-state index in [1.165, 1.54) is 11.1 Å². The van der Waals surface area contributed by atoms with Gasteiger partial charge in [0.15, 0.2) is 0 Å². The molecule has 1 atom stereocenters. The van der Waals surface area contributed by atoms with Gasteiger partial charge in [0.1, 0.15) is 0 Å². The van der Waals surface area contributed by atoms with E-state index in [0.29, 0.717) is 6.04 Å². The van der Waals surface area contributed by atoms with E-state index in [-0.39, 0.29) is 0 Å². The lowest BCUT2D eigenvalue weighted by Crippen LogP contribution is -2.08. The molecule has 0 bridgehead atoms. The van der Waals surface area contributed by atoms with E-state index in [4.69, 9.17) is 0 Å². The Morgan fingerprint density at radius 1 is 1.00 bits per heavy atom. The Hall–Kier alpha value is -2.09. The monoisotopic (exact) mass is 236 g/mol. The number of benzene rings is 2. The Balaban J connectivity index is 2.12. The number of fused-ring (bicyclic) bond motifs is 1. The quantitative estimate of drug-likeness (QED) is 0.671. The summed E-state index contributed by atoms with van der Waals surface area (Å²) in [6.45, 7) is 2.21. The van der Waals surface area contributed by atoms with Crippen molar-refractivity contribution in [1.29, 1.82) is 0 Å². The first-order chi connectivity index (χ1) is 8.90. The summed E-state index contributed by atoms with van der Waals surface area (Å²) >= 11 is 0. The van der Waals surface area contributed by atoms with Gasteiger partial charge in [0.25, 0.3) is 0 Å². The van der Waals surface area contributed by atoms with E-state index < -0.39 is 0 Å². The van der Waals surface area contributed by atoms with Gasteiger partial charge in [-0.2, -0.15) is 0 Å². The molecule has 90 valence electrons. The summed E-state index contributed by atoms with van der Waals surface area (Å²) < 4.78 is 2.27. The smallest absolute Gasteiger partial charge is 0.0964 e. The molecule has 0 radical (unpaired) electrons. The molecular formula is C16H16N2. The molecule has 0 saturated heterocycles. The van der Waals surface area contributed by atoms with Gasteiger partial charge in [-0.05, 0) is 24.1 Å². The molecule has 2 nitrogen and oxygen atoms in total. The SMILES string of the molecule is CC[C@H](c1ccccc1)n1cnc2ccccc21. The molecule has 1 heterocycles. The van der Waals surface area contributed by atoms with Crippen molar-refractivity contribution in [2.75, 3.05) is 0 Å². The minimum absolute atomic E-state index is 0.360. The van der Waals surface area contributed by atoms with Crippen molar-refractivity contribution < 1.29 is 0 Å². The molecule has 0 fully saturated rings. The Kier molecular flexibility index (Phi) is 2.85. The summed E-state index contributed by atoms with van der Waals surface area (Å²) in [5.74, 6) is 0. The van der Waals surface area contributed by atoms with Gasteiger partial charge in [-0.1, -0.05) is 49.4 Å². The topological polar surface area (TPSA) is 17.8 Å². The molecule has 0 amide bonds. The van der Waals surface area contributed by atoms with Crippen LogP contribution in [0.5, 0.6) is 0 Å². The average Bonchev–Trinajstić information content (AvgIpc) is 2.85. The van der Waals surface area contributed by atoms with Crippen molar-refractivity contribution in [3.05, 3.63) is 66.5 Å². The van der Waals surface area contributed by atoms with Gasteiger partial charge in [-0.25, -0.2) is 4.98 Å². The predicted octanol–water partition coefficient (Wildman–Crippen LogP) is 4.04. The van der Waals surface area contributed by atoms with Crippen molar-refractivity contribution in [2.24, 2.45) is 0 Å². The largest absolute Gasteiger partial charge is 0.323 e. The predicted molar refractivity (Wildman–Crippen MR) is 74.6 cm³/mol. The van der Waals surface area contributed by atoms with Crippen molar-refractivity contribution >= 4 is 11.0 Å². The van der Waals surface area contributed by atoms with E-state index in [2.05, 4.69) is 65.0 Å². The molecule has 18 heavy (non-hydrogen) atoms. The second-order valence-electron chi connectivity index (χ2n) is 4.48. The molecule has 3 aromatic rings. The summed E-state index contributed by atoms with van der Waals surface area (Å²) in [5, 5.41) is 0. The maximum absolute atomic E-state index is 4.48. The molecule has 2 heteroatoms. The van der Waals surface area contributed by atoms with Gasteiger partial charge >= 0.3 is 0 Å². The molecule has 0 aliphatic carbocycles. The van der Waals surface area contributed by atoms with E-state index in [1.807, 2.05) is 12.4 Å². The van der Waals surface area contributed by atoms with Crippen LogP contribution in [0.3, 0.4) is 0 Å². The second kappa shape index (κ2) is 4.65. The summed E-state index contributed by atoms with van der Waals surface area (Å²) in [4.78, 5) is 4.48. The zero-order chi connectivity index (χ0) is 12.4. The molecule has 3 rings (SSSR count). The van der Waals surface area contributed by atoms with Crippen molar-refractivity contribution in [1.82, 2.24) is 9.55 Å². The minimum atomic E-state index is 0.360. The first-order valence-corrected chi connectivity index (χ1v) is 6.36. The van der Waals surface area contributed by atoms with Crippen LogP contribution in [0.25, 0.3) is 11.0 Å². The highest BCUT2D eigenvalue weighted by atomic mass is 15.1. The van der Waals surface area contributed by atoms with Gasteiger partial charge < -0.3 is 4.57 Å². The number of hydrogen-bond donors (Lipinski definition) is 0. The molecule has 0 aliphatic rings. The van der Waals surface area contributed by atoms with Crippen LogP contribution in [-0.4, -0.2) is 9.55 Å². The lowest BCUT2D eigenvalue weighted by molar-refractivity contribution is 0.581. The van der Waals surface area contributed by atoms with Crippen molar-refractivity contribution in [3.8, 4) is 0 Å². The fourth-order valence-electron chi connectivity index (χ4n) is 2.49. The standard InChI is InChI=1S/C16H16N2/c1-2-15(13-8-4-3-5-9-13)18-12-17-14-10-6-7-11-16(14)18/h3-12,15H,2H2,1H3/t15-/m1/s1. The van der Waals surface area contributed by atoms with Crippen LogP contribution >= 0.6 is 0 Å². The number of para-hydroxylation sites is 2. The van der Waals surface area contributed by atoms with Crippen LogP contribution in [0.2, 0.25) is 0 Å². The van der Waals surface area contributed by atoms with Gasteiger partial charge in [-0.3, -0.25) is 0 Å². The summed E-state index contributed by atoms with van der Waals surface area (Å²) in [7, 11) is 0. The number of hydrogen-bond acceptors (Lipinski definition) is 1. The van der Waals surface area contributed by atoms with Crippen LogP contribution in [-0.2, 0) is 0 Å². The Morgan fingerprint density at radius 2 is 1.72 bits per heavy atom. The van der Waals surface area contributed by atoms with Crippen LogP contribution in [0, 0.1) is 0 Å².